The molecule has 34 heavy (non-hydrogen) atoms. The van der Waals surface area contributed by atoms with Crippen LogP contribution in [0.25, 0.3) is 11.1 Å². The first-order valence-corrected chi connectivity index (χ1v) is 12.1. The maximum absolute atomic E-state index is 12.9. The monoisotopic (exact) mass is 465 g/mol. The van der Waals surface area contributed by atoms with Crippen molar-refractivity contribution in [3.05, 3.63) is 53.1 Å². The lowest BCUT2D eigenvalue weighted by Crippen LogP contribution is -2.42. The van der Waals surface area contributed by atoms with E-state index in [1.54, 1.807) is 25.6 Å². The first-order chi connectivity index (χ1) is 16.4. The fourth-order valence-corrected chi connectivity index (χ4v) is 4.34. The normalized spacial score (nSPS) is 18.1. The lowest BCUT2D eigenvalue weighted by molar-refractivity contribution is -0.125. The van der Waals surface area contributed by atoms with Gasteiger partial charge in [-0.2, -0.15) is 0 Å². The van der Waals surface area contributed by atoms with E-state index in [1.165, 1.54) is 12.8 Å². The third kappa shape index (κ3) is 6.05. The van der Waals surface area contributed by atoms with Crippen LogP contribution in [0, 0.1) is 5.92 Å². The lowest BCUT2D eigenvalue weighted by Gasteiger charge is -2.31. The van der Waals surface area contributed by atoms with Crippen LogP contribution >= 0.6 is 0 Å². The highest BCUT2D eigenvalue weighted by Gasteiger charge is 2.34. The molecule has 1 aliphatic heterocycles. The van der Waals surface area contributed by atoms with Gasteiger partial charge in [0.1, 0.15) is 5.69 Å². The summed E-state index contributed by atoms with van der Waals surface area (Å²) in [5.41, 5.74) is 2.40. The van der Waals surface area contributed by atoms with Crippen molar-refractivity contribution in [1.29, 1.82) is 0 Å². The molecule has 1 amide bonds. The molecule has 3 heterocycles. The van der Waals surface area contributed by atoms with Crippen molar-refractivity contribution in [2.75, 3.05) is 38.2 Å². The van der Waals surface area contributed by atoms with Crippen LogP contribution in [0.2, 0.25) is 0 Å². The minimum Gasteiger partial charge on any atom is -0.481 e. The summed E-state index contributed by atoms with van der Waals surface area (Å²) in [5, 5.41) is 3.28. The van der Waals surface area contributed by atoms with Gasteiger partial charge in [0.05, 0.1) is 7.11 Å². The molecule has 8 heteroatoms. The van der Waals surface area contributed by atoms with Gasteiger partial charge in [-0.25, -0.2) is 4.98 Å². The van der Waals surface area contributed by atoms with Gasteiger partial charge in [0, 0.05) is 68.4 Å². The largest absolute Gasteiger partial charge is 0.481 e. The molecule has 1 aliphatic carbocycles. The number of anilines is 1. The van der Waals surface area contributed by atoms with Gasteiger partial charge < -0.3 is 24.8 Å². The number of H-pyrrole nitrogens is 1. The smallest absolute Gasteiger partial charge is 0.271 e. The molecule has 1 saturated carbocycles. The van der Waals surface area contributed by atoms with Gasteiger partial charge >= 0.3 is 0 Å². The van der Waals surface area contributed by atoms with Crippen LogP contribution < -0.4 is 20.5 Å². The van der Waals surface area contributed by atoms with Crippen molar-refractivity contribution in [3.63, 3.8) is 0 Å². The molecule has 4 rings (SSSR count). The van der Waals surface area contributed by atoms with Crippen molar-refractivity contribution in [1.82, 2.24) is 20.2 Å². The van der Waals surface area contributed by atoms with Crippen LogP contribution in [-0.2, 0) is 4.79 Å². The van der Waals surface area contributed by atoms with Crippen molar-refractivity contribution in [3.8, 4) is 17.0 Å². The Morgan fingerprint density at radius 2 is 2.15 bits per heavy atom. The average Bonchev–Trinajstić information content (AvgIpc) is 3.53. The predicted octanol–water partition coefficient (Wildman–Crippen LogP) is 2.82. The van der Waals surface area contributed by atoms with E-state index in [0.29, 0.717) is 43.2 Å². The summed E-state index contributed by atoms with van der Waals surface area (Å²) < 4.78 is 5.26. The third-order valence-electron chi connectivity index (χ3n) is 6.44. The second-order valence-electron chi connectivity index (χ2n) is 9.48. The SMILES string of the molecule is COc1cc(-c2c[nH]c(=O)c(N(CC3CC3)C3CCN(C(=O)C=CCNC(C)C)C3)c2)ccn1. The Hall–Kier alpha value is -3.13. The van der Waals surface area contributed by atoms with Crippen LogP contribution in [0.1, 0.15) is 33.1 Å². The predicted molar refractivity (Wildman–Crippen MR) is 134 cm³/mol. The van der Waals surface area contributed by atoms with Crippen LogP contribution in [0.5, 0.6) is 5.88 Å². The summed E-state index contributed by atoms with van der Waals surface area (Å²) in [6.07, 6.45) is 10.2. The van der Waals surface area contributed by atoms with E-state index >= 15 is 0 Å². The van der Waals surface area contributed by atoms with Crippen molar-refractivity contribution < 1.29 is 9.53 Å². The first-order valence-electron chi connectivity index (χ1n) is 12.1. The molecule has 2 fully saturated rings. The number of nitrogens with zero attached hydrogens (tertiary/aromatic N) is 3. The van der Waals surface area contributed by atoms with Gasteiger partial charge in [0.15, 0.2) is 0 Å². The lowest BCUT2D eigenvalue weighted by atomic mass is 10.1. The second kappa shape index (κ2) is 10.9. The van der Waals surface area contributed by atoms with E-state index < -0.39 is 0 Å². The molecule has 1 atom stereocenters. The number of carbonyl (C=O) groups is 1. The number of aromatic amines is 1. The zero-order valence-corrected chi connectivity index (χ0v) is 20.3. The Labute approximate surface area is 201 Å². The van der Waals surface area contributed by atoms with Gasteiger partial charge in [-0.05, 0) is 42.9 Å². The van der Waals surface area contributed by atoms with Gasteiger partial charge in [0.2, 0.25) is 11.8 Å². The summed E-state index contributed by atoms with van der Waals surface area (Å²) >= 11 is 0. The second-order valence-corrected chi connectivity index (χ2v) is 9.48. The summed E-state index contributed by atoms with van der Waals surface area (Å²) in [6.45, 7) is 7.00. The van der Waals surface area contributed by atoms with E-state index in [-0.39, 0.29) is 17.5 Å². The number of ether oxygens (including phenoxy) is 1. The van der Waals surface area contributed by atoms with Crippen LogP contribution in [-0.4, -0.2) is 66.1 Å². The van der Waals surface area contributed by atoms with Crippen LogP contribution in [0.3, 0.4) is 0 Å². The van der Waals surface area contributed by atoms with E-state index in [0.717, 1.165) is 24.1 Å². The highest BCUT2D eigenvalue weighted by molar-refractivity contribution is 5.88. The molecule has 0 radical (unpaired) electrons. The fraction of sp³-hybridized carbons (Fsp3) is 0.500. The minimum atomic E-state index is -0.102. The average molecular weight is 466 g/mol. The van der Waals surface area contributed by atoms with E-state index in [4.69, 9.17) is 4.74 Å². The zero-order chi connectivity index (χ0) is 24.1. The molecule has 2 aliphatic rings. The van der Waals surface area contributed by atoms with Gasteiger partial charge in [-0.1, -0.05) is 19.9 Å². The molecule has 8 nitrogen and oxygen atoms in total. The number of nitrogens with one attached hydrogen (secondary N) is 2. The number of hydrogen-bond donors (Lipinski definition) is 2. The van der Waals surface area contributed by atoms with Crippen LogP contribution in [0.4, 0.5) is 5.69 Å². The molecule has 2 N–H and O–H groups in total. The Balaban J connectivity index is 1.52. The number of pyridine rings is 2. The molecular formula is C26H35N5O3. The maximum atomic E-state index is 12.9. The fourth-order valence-electron chi connectivity index (χ4n) is 4.34. The molecule has 2 aromatic heterocycles. The molecule has 2 aromatic rings. The maximum Gasteiger partial charge on any atom is 0.271 e. The van der Waals surface area contributed by atoms with Crippen molar-refractivity contribution in [2.24, 2.45) is 5.92 Å². The molecule has 0 bridgehead atoms. The summed E-state index contributed by atoms with van der Waals surface area (Å²) in [6, 6.07) is 6.22. The number of likely N-dealkylation sites (tertiary alicyclic amines) is 1. The summed E-state index contributed by atoms with van der Waals surface area (Å²) in [4.78, 5) is 36.9. The van der Waals surface area contributed by atoms with E-state index in [1.807, 2.05) is 29.2 Å². The summed E-state index contributed by atoms with van der Waals surface area (Å²) in [5.74, 6) is 1.17. The molecular weight excluding hydrogens is 430 g/mol. The van der Waals surface area contributed by atoms with Gasteiger partial charge in [-0.3, -0.25) is 9.59 Å². The van der Waals surface area contributed by atoms with E-state index in [9.17, 15) is 9.59 Å². The summed E-state index contributed by atoms with van der Waals surface area (Å²) in [7, 11) is 1.59. The number of amides is 1. The van der Waals surface area contributed by atoms with Crippen LogP contribution in [0.15, 0.2) is 47.5 Å². The number of methoxy groups -OCH3 is 1. The number of carbonyl (C=O) groups excluding carboxylic acids is 1. The quantitative estimate of drug-likeness (QED) is 0.525. The molecule has 0 spiro atoms. The van der Waals surface area contributed by atoms with Crippen molar-refractivity contribution in [2.45, 2.75) is 45.2 Å². The molecule has 1 unspecified atom stereocenters. The highest BCUT2D eigenvalue weighted by Crippen LogP contribution is 2.34. The Morgan fingerprint density at radius 3 is 2.88 bits per heavy atom. The van der Waals surface area contributed by atoms with Crippen molar-refractivity contribution >= 4 is 11.6 Å². The Kier molecular flexibility index (Phi) is 7.67. The number of rotatable bonds is 10. The molecule has 182 valence electrons. The number of aromatic nitrogens is 2. The Bertz CT molecular complexity index is 1080. The number of hydrogen-bond acceptors (Lipinski definition) is 6. The van der Waals surface area contributed by atoms with E-state index in [2.05, 4.69) is 34.0 Å². The molecule has 0 aromatic carbocycles. The minimum absolute atomic E-state index is 0.0333. The first kappa shape index (κ1) is 24.0. The zero-order valence-electron chi connectivity index (χ0n) is 20.3. The topological polar surface area (TPSA) is 90.6 Å². The highest BCUT2D eigenvalue weighted by atomic mass is 16.5. The Morgan fingerprint density at radius 1 is 1.32 bits per heavy atom. The standard InChI is InChI=1S/C26H35N5O3/c1-18(2)27-10-4-5-25(32)30-12-9-22(17-30)31(16-19-6-7-19)23-13-21(15-29-26(23)33)20-8-11-28-24(14-20)34-3/h4-5,8,11,13-15,18-19,22,27H,6-7,9-10,12,16-17H2,1-3H3,(H,29,33). The van der Waals surface area contributed by atoms with Gasteiger partial charge in [0.25, 0.3) is 5.56 Å². The molecule has 1 saturated heterocycles. The third-order valence-corrected chi connectivity index (χ3v) is 6.44. The van der Waals surface area contributed by atoms with Gasteiger partial charge in [-0.15, -0.1) is 0 Å².